The number of benzene rings is 2. The zero-order chi connectivity index (χ0) is 39.2. The summed E-state index contributed by atoms with van der Waals surface area (Å²) in [6, 6.07) is 16.0. The molecule has 0 saturated heterocycles. The van der Waals surface area contributed by atoms with Gasteiger partial charge in [-0.3, -0.25) is 24.0 Å². The highest BCUT2D eigenvalue weighted by Crippen LogP contribution is 2.21. The Morgan fingerprint density at radius 3 is 1.47 bits per heavy atom. The fourth-order valence-electron chi connectivity index (χ4n) is 4.56. The van der Waals surface area contributed by atoms with E-state index in [1.165, 1.54) is 55.4 Å². The Hall–Kier alpha value is -4.26. The van der Waals surface area contributed by atoms with Gasteiger partial charge in [-0.1, -0.05) is 46.3 Å². The zero-order valence-corrected chi connectivity index (χ0v) is 33.4. The third-order valence-electron chi connectivity index (χ3n) is 8.07. The van der Waals surface area contributed by atoms with Crippen molar-refractivity contribution < 1.29 is 33.5 Å². The quantitative estimate of drug-likeness (QED) is 0.176. The number of amides is 5. The van der Waals surface area contributed by atoms with E-state index in [4.69, 9.17) is 4.74 Å². The highest BCUT2D eigenvalue weighted by Gasteiger charge is 2.45. The Kier molecular flexibility index (Phi) is 13.4. The van der Waals surface area contributed by atoms with Crippen LogP contribution in [-0.2, 0) is 35.1 Å². The highest BCUT2D eigenvalue weighted by molar-refractivity contribution is 9.10. The smallest absolute Gasteiger partial charge is 0.331 e. The molecule has 0 aliphatic heterocycles. The van der Waals surface area contributed by atoms with Crippen molar-refractivity contribution in [2.24, 2.45) is 0 Å². The van der Waals surface area contributed by atoms with Crippen molar-refractivity contribution in [3.63, 3.8) is 0 Å². The molecule has 12 nitrogen and oxygen atoms in total. The number of aryl methyl sites for hydroxylation is 1. The van der Waals surface area contributed by atoms with Crippen molar-refractivity contribution in [2.45, 2.75) is 129 Å². The maximum atomic E-state index is 14.1. The van der Waals surface area contributed by atoms with E-state index in [-0.39, 0.29) is 6.42 Å². The largest absolute Gasteiger partial charge is 0.458 e. The van der Waals surface area contributed by atoms with E-state index >= 15 is 0 Å². The number of rotatable bonds is 14. The van der Waals surface area contributed by atoms with Crippen LogP contribution >= 0.6 is 15.9 Å². The standard InChI is InChI=1S/C38H54BrN5O7/c1-33(2,3)51-32(50)37(10,11)42-29(47)35(6,7)43-31(49)38(12,23-22-24-16-14-13-15-17-24)44-30(48)36(8,9)41-28(46)34(4,5)40-27(45)25-18-20-26(39)21-19-25/h13-21H,22-23H2,1-12H3,(H,40,45)(H,41,46)(H,42,47)(H,43,49)(H,44,48)/t38-/m1/s1. The molecule has 51 heavy (non-hydrogen) atoms. The molecule has 0 bridgehead atoms. The van der Waals surface area contributed by atoms with E-state index < -0.39 is 68.8 Å². The van der Waals surface area contributed by atoms with Crippen molar-refractivity contribution in [3.8, 4) is 0 Å². The first kappa shape index (κ1) is 42.9. The molecular weight excluding hydrogens is 718 g/mol. The van der Waals surface area contributed by atoms with Gasteiger partial charge in [-0.2, -0.15) is 0 Å². The zero-order valence-electron chi connectivity index (χ0n) is 31.8. The molecule has 0 unspecified atom stereocenters. The van der Waals surface area contributed by atoms with Crippen LogP contribution in [0.5, 0.6) is 0 Å². The summed E-state index contributed by atoms with van der Waals surface area (Å²) in [5, 5.41) is 13.6. The molecule has 0 saturated carbocycles. The summed E-state index contributed by atoms with van der Waals surface area (Å²) >= 11 is 3.33. The Morgan fingerprint density at radius 1 is 0.549 bits per heavy atom. The van der Waals surface area contributed by atoms with Gasteiger partial charge in [0, 0.05) is 10.0 Å². The van der Waals surface area contributed by atoms with Crippen LogP contribution in [0, 0.1) is 0 Å². The minimum atomic E-state index is -1.57. The maximum Gasteiger partial charge on any atom is 0.331 e. The average Bonchev–Trinajstić information content (AvgIpc) is 2.99. The fraction of sp³-hybridized carbons (Fsp3) is 0.526. The first-order valence-electron chi connectivity index (χ1n) is 16.8. The molecule has 0 radical (unpaired) electrons. The number of carbonyl (C=O) groups is 6. The third kappa shape index (κ3) is 12.5. The van der Waals surface area contributed by atoms with Gasteiger partial charge in [-0.05, 0) is 126 Å². The lowest BCUT2D eigenvalue weighted by Crippen LogP contribution is -2.69. The number of hydrogen-bond acceptors (Lipinski definition) is 7. The van der Waals surface area contributed by atoms with E-state index in [0.717, 1.165) is 10.0 Å². The maximum absolute atomic E-state index is 14.1. The van der Waals surface area contributed by atoms with Gasteiger partial charge in [0.2, 0.25) is 23.6 Å². The van der Waals surface area contributed by atoms with E-state index in [1.807, 2.05) is 30.3 Å². The van der Waals surface area contributed by atoms with Gasteiger partial charge in [-0.25, -0.2) is 4.79 Å². The summed E-state index contributed by atoms with van der Waals surface area (Å²) in [5.41, 5.74) is -6.99. The van der Waals surface area contributed by atoms with Crippen LogP contribution in [0.3, 0.4) is 0 Å². The Bertz CT molecular complexity index is 1610. The van der Waals surface area contributed by atoms with Gasteiger partial charge in [0.05, 0.1) is 0 Å². The van der Waals surface area contributed by atoms with Crippen LogP contribution in [0.4, 0.5) is 0 Å². The molecule has 0 spiro atoms. The second-order valence-corrected chi connectivity index (χ2v) is 17.0. The van der Waals surface area contributed by atoms with Crippen LogP contribution in [-0.4, -0.2) is 68.8 Å². The normalized spacial score (nSPS) is 13.6. The molecule has 0 fully saturated rings. The summed E-state index contributed by atoms with van der Waals surface area (Å²) in [7, 11) is 0. The lowest BCUT2D eigenvalue weighted by atomic mass is 9.88. The van der Waals surface area contributed by atoms with E-state index in [0.29, 0.717) is 12.0 Å². The molecule has 1 atom stereocenters. The van der Waals surface area contributed by atoms with E-state index in [2.05, 4.69) is 42.5 Å². The lowest BCUT2D eigenvalue weighted by molar-refractivity contribution is -0.163. The van der Waals surface area contributed by atoms with Crippen LogP contribution in [0.25, 0.3) is 0 Å². The molecular formula is C38H54BrN5O7. The lowest BCUT2D eigenvalue weighted by Gasteiger charge is -2.38. The number of ether oxygens (including phenoxy) is 1. The molecule has 0 aromatic heterocycles. The molecule has 0 aliphatic rings. The van der Waals surface area contributed by atoms with Crippen molar-refractivity contribution >= 4 is 51.4 Å². The van der Waals surface area contributed by atoms with Crippen LogP contribution in [0.15, 0.2) is 59.1 Å². The second kappa shape index (κ2) is 16.0. The summed E-state index contributed by atoms with van der Waals surface area (Å²) in [5.74, 6) is -3.74. The van der Waals surface area contributed by atoms with Gasteiger partial charge in [0.25, 0.3) is 5.91 Å². The fourth-order valence-corrected chi connectivity index (χ4v) is 4.83. The summed E-state index contributed by atoms with van der Waals surface area (Å²) in [4.78, 5) is 80.6. The van der Waals surface area contributed by atoms with Gasteiger partial charge in [0.1, 0.15) is 33.3 Å². The molecule has 0 heterocycles. The summed E-state index contributed by atoms with van der Waals surface area (Å²) in [6.07, 6.45) is 0.527. The van der Waals surface area contributed by atoms with Gasteiger partial charge >= 0.3 is 5.97 Å². The van der Waals surface area contributed by atoms with Crippen molar-refractivity contribution in [1.82, 2.24) is 26.6 Å². The van der Waals surface area contributed by atoms with Crippen LogP contribution in [0.1, 0.15) is 105 Å². The van der Waals surface area contributed by atoms with E-state index in [1.54, 1.807) is 52.0 Å². The molecule has 280 valence electrons. The predicted molar refractivity (Wildman–Crippen MR) is 200 cm³/mol. The Morgan fingerprint density at radius 2 is 0.980 bits per heavy atom. The SMILES string of the molecule is CC(C)(C)OC(=O)C(C)(C)NC(=O)C(C)(C)NC(=O)[C@@](C)(CCc1ccccc1)NC(=O)C(C)(C)NC(=O)C(C)(C)NC(=O)c1ccc(Br)cc1. The van der Waals surface area contributed by atoms with Crippen molar-refractivity contribution in [1.29, 1.82) is 0 Å². The number of carbonyl (C=O) groups excluding carboxylic acids is 6. The molecule has 0 aliphatic carbocycles. The van der Waals surface area contributed by atoms with Crippen molar-refractivity contribution in [2.75, 3.05) is 0 Å². The Balaban J connectivity index is 2.28. The first-order chi connectivity index (χ1) is 23.1. The second-order valence-electron chi connectivity index (χ2n) is 16.1. The molecule has 5 amide bonds. The van der Waals surface area contributed by atoms with Gasteiger partial charge in [-0.15, -0.1) is 0 Å². The number of halogens is 1. The number of hydrogen-bond donors (Lipinski definition) is 5. The molecule has 2 aromatic rings. The molecule has 2 aromatic carbocycles. The Labute approximate surface area is 310 Å². The highest BCUT2D eigenvalue weighted by atomic mass is 79.9. The topological polar surface area (TPSA) is 172 Å². The average molecular weight is 773 g/mol. The van der Waals surface area contributed by atoms with Crippen LogP contribution in [0.2, 0.25) is 0 Å². The summed E-state index contributed by atoms with van der Waals surface area (Å²) < 4.78 is 6.25. The minimum Gasteiger partial charge on any atom is -0.458 e. The third-order valence-corrected chi connectivity index (χ3v) is 8.60. The van der Waals surface area contributed by atoms with Crippen molar-refractivity contribution in [3.05, 3.63) is 70.2 Å². The number of esters is 1. The van der Waals surface area contributed by atoms with Gasteiger partial charge < -0.3 is 31.3 Å². The molecule has 2 rings (SSSR count). The number of nitrogens with one attached hydrogen (secondary N) is 5. The predicted octanol–water partition coefficient (Wildman–Crippen LogP) is 4.49. The van der Waals surface area contributed by atoms with Crippen LogP contribution < -0.4 is 26.6 Å². The summed E-state index contributed by atoms with van der Waals surface area (Å²) in [6.45, 7) is 18.7. The van der Waals surface area contributed by atoms with E-state index in [9.17, 15) is 28.8 Å². The minimum absolute atomic E-state index is 0.133. The van der Waals surface area contributed by atoms with Gasteiger partial charge in [0.15, 0.2) is 0 Å². The monoisotopic (exact) mass is 771 g/mol. The first-order valence-corrected chi connectivity index (χ1v) is 17.6. The molecule has 13 heteroatoms. The molecule has 5 N–H and O–H groups in total.